The monoisotopic (exact) mass is 360 g/mol. The van der Waals surface area contributed by atoms with Crippen LogP contribution in [-0.4, -0.2) is 25.9 Å². The molecule has 0 atom stereocenters. The van der Waals surface area contributed by atoms with Gasteiger partial charge in [0.25, 0.3) is 0 Å². The summed E-state index contributed by atoms with van der Waals surface area (Å²) in [6.45, 7) is 0. The van der Waals surface area contributed by atoms with Crippen molar-refractivity contribution < 1.29 is 17.9 Å². The Bertz CT molecular complexity index is 972. The van der Waals surface area contributed by atoms with E-state index in [1.54, 1.807) is 18.3 Å². The molecule has 8 heteroatoms. The van der Waals surface area contributed by atoms with Gasteiger partial charge in [0.1, 0.15) is 11.6 Å². The molecule has 2 aromatic heterocycles. The third-order valence-electron chi connectivity index (χ3n) is 5.14. The Morgan fingerprint density at radius 1 is 1.08 bits per heavy atom. The minimum Gasteiger partial charge on any atom is -0.406 e. The summed E-state index contributed by atoms with van der Waals surface area (Å²) in [4.78, 5) is 4.46. The van der Waals surface area contributed by atoms with Crippen molar-refractivity contribution in [1.82, 2.24) is 19.6 Å². The van der Waals surface area contributed by atoms with Crippen molar-refractivity contribution in [2.24, 2.45) is 0 Å². The maximum atomic E-state index is 12.3. The van der Waals surface area contributed by atoms with E-state index in [-0.39, 0.29) is 11.2 Å². The van der Waals surface area contributed by atoms with E-state index in [0.717, 1.165) is 48.4 Å². The number of benzene rings is 1. The second-order valence-electron chi connectivity index (χ2n) is 6.96. The molecule has 134 valence electrons. The zero-order chi connectivity index (χ0) is 17.9. The largest absolute Gasteiger partial charge is 0.573 e. The highest BCUT2D eigenvalue weighted by Crippen LogP contribution is 2.53. The van der Waals surface area contributed by atoms with Crippen LogP contribution in [0.1, 0.15) is 48.7 Å². The molecule has 0 N–H and O–H groups in total. The molecule has 0 amide bonds. The van der Waals surface area contributed by atoms with Crippen LogP contribution in [0.5, 0.6) is 5.75 Å². The number of halogens is 3. The highest BCUT2D eigenvalue weighted by Gasteiger charge is 2.50. The summed E-state index contributed by atoms with van der Waals surface area (Å²) < 4.78 is 43.0. The van der Waals surface area contributed by atoms with Gasteiger partial charge in [0.2, 0.25) is 0 Å². The molecule has 0 bridgehead atoms. The van der Waals surface area contributed by atoms with Crippen molar-refractivity contribution in [2.75, 3.05) is 0 Å². The van der Waals surface area contributed by atoms with Gasteiger partial charge in [-0.3, -0.25) is 9.38 Å². The van der Waals surface area contributed by atoms with Crippen LogP contribution < -0.4 is 4.74 Å². The molecule has 5 rings (SSSR count). The second kappa shape index (κ2) is 5.18. The summed E-state index contributed by atoms with van der Waals surface area (Å²) in [6, 6.07) is 6.06. The fraction of sp³-hybridized carbons (Fsp3) is 0.389. The Morgan fingerprint density at radius 2 is 1.81 bits per heavy atom. The van der Waals surface area contributed by atoms with Gasteiger partial charge in [-0.05, 0) is 43.4 Å². The van der Waals surface area contributed by atoms with E-state index in [2.05, 4.69) is 19.9 Å². The number of hydrogen-bond donors (Lipinski definition) is 0. The van der Waals surface area contributed by atoms with Gasteiger partial charge >= 0.3 is 6.36 Å². The summed E-state index contributed by atoms with van der Waals surface area (Å²) in [5, 5.41) is 8.77. The standard InChI is InChI=1S/C18H15F3N4O/c19-18(20,21)26-13-5-3-12(4-6-13)17(7-8-17)16-24-23-15-14(11-1-2-11)22-9-10-25(15)16/h3-6,9-11H,1-2,7-8H2. The minimum atomic E-state index is -4.69. The zero-order valence-corrected chi connectivity index (χ0v) is 13.7. The average Bonchev–Trinajstić information content (AvgIpc) is 3.52. The molecule has 2 saturated carbocycles. The van der Waals surface area contributed by atoms with Crippen LogP contribution in [0.3, 0.4) is 0 Å². The lowest BCUT2D eigenvalue weighted by Gasteiger charge is -2.15. The molecule has 1 aromatic carbocycles. The van der Waals surface area contributed by atoms with Gasteiger partial charge in [-0.1, -0.05) is 12.1 Å². The minimum absolute atomic E-state index is 0.219. The van der Waals surface area contributed by atoms with Gasteiger partial charge in [-0.25, -0.2) is 0 Å². The van der Waals surface area contributed by atoms with Crippen molar-refractivity contribution in [2.45, 2.75) is 43.4 Å². The van der Waals surface area contributed by atoms with Gasteiger partial charge in [0.05, 0.1) is 11.1 Å². The van der Waals surface area contributed by atoms with E-state index in [1.165, 1.54) is 12.1 Å². The summed E-state index contributed by atoms with van der Waals surface area (Å²) in [7, 11) is 0. The van der Waals surface area contributed by atoms with Crippen molar-refractivity contribution in [1.29, 1.82) is 0 Å². The third-order valence-corrected chi connectivity index (χ3v) is 5.14. The highest BCUT2D eigenvalue weighted by atomic mass is 19.4. The lowest BCUT2D eigenvalue weighted by Crippen LogP contribution is -2.17. The predicted molar refractivity (Wildman–Crippen MR) is 85.9 cm³/mol. The highest BCUT2D eigenvalue weighted by molar-refractivity contribution is 5.51. The SMILES string of the molecule is FC(F)(F)Oc1ccc(C2(c3nnc4c(C5CC5)nccn34)CC2)cc1. The van der Waals surface area contributed by atoms with Gasteiger partial charge in [0, 0.05) is 18.3 Å². The smallest absolute Gasteiger partial charge is 0.406 e. The van der Waals surface area contributed by atoms with Gasteiger partial charge in [-0.15, -0.1) is 23.4 Å². The van der Waals surface area contributed by atoms with Crippen LogP contribution in [0.15, 0.2) is 36.7 Å². The topological polar surface area (TPSA) is 52.3 Å². The molecule has 0 spiro atoms. The molecule has 0 saturated heterocycles. The van der Waals surface area contributed by atoms with Crippen molar-refractivity contribution >= 4 is 5.65 Å². The Morgan fingerprint density at radius 3 is 2.42 bits per heavy atom. The summed E-state index contributed by atoms with van der Waals surface area (Å²) in [6.07, 6.45) is 2.96. The molecule has 26 heavy (non-hydrogen) atoms. The quantitative estimate of drug-likeness (QED) is 0.706. The number of fused-ring (bicyclic) bond motifs is 1. The van der Waals surface area contributed by atoms with E-state index in [4.69, 9.17) is 0 Å². The van der Waals surface area contributed by atoms with Crippen LogP contribution in [0.25, 0.3) is 5.65 Å². The first-order valence-corrected chi connectivity index (χ1v) is 8.53. The Hall–Kier alpha value is -2.64. The first kappa shape index (κ1) is 15.6. The average molecular weight is 360 g/mol. The molecule has 0 radical (unpaired) electrons. The molecule has 2 heterocycles. The number of rotatable bonds is 4. The van der Waals surface area contributed by atoms with Crippen LogP contribution >= 0.6 is 0 Å². The molecule has 0 unspecified atom stereocenters. The van der Waals surface area contributed by atoms with Gasteiger partial charge in [-0.2, -0.15) is 0 Å². The van der Waals surface area contributed by atoms with Gasteiger partial charge < -0.3 is 4.74 Å². The fourth-order valence-electron chi connectivity index (χ4n) is 3.56. The van der Waals surface area contributed by atoms with Gasteiger partial charge in [0.15, 0.2) is 5.65 Å². The van der Waals surface area contributed by atoms with Crippen molar-refractivity contribution in [3.8, 4) is 5.75 Å². The summed E-state index contributed by atoms with van der Waals surface area (Å²) in [5.41, 5.74) is 2.38. The molecule has 2 fully saturated rings. The third kappa shape index (κ3) is 2.51. The molecule has 2 aliphatic carbocycles. The molecule has 3 aromatic rings. The van der Waals surface area contributed by atoms with E-state index >= 15 is 0 Å². The lowest BCUT2D eigenvalue weighted by molar-refractivity contribution is -0.274. The zero-order valence-electron chi connectivity index (χ0n) is 13.7. The molecule has 2 aliphatic rings. The normalized spacial score (nSPS) is 18.9. The molecular formula is C18H15F3N4O. The van der Waals surface area contributed by atoms with E-state index < -0.39 is 6.36 Å². The van der Waals surface area contributed by atoms with E-state index in [1.807, 2.05) is 10.6 Å². The maximum absolute atomic E-state index is 12.3. The molecule has 0 aliphatic heterocycles. The van der Waals surface area contributed by atoms with E-state index in [0.29, 0.717) is 5.92 Å². The fourth-order valence-corrected chi connectivity index (χ4v) is 3.56. The number of alkyl halides is 3. The van der Waals surface area contributed by atoms with Crippen LogP contribution in [0.4, 0.5) is 13.2 Å². The number of hydrogen-bond acceptors (Lipinski definition) is 4. The van der Waals surface area contributed by atoms with Crippen LogP contribution in [0, 0.1) is 0 Å². The number of aromatic nitrogens is 4. The first-order chi connectivity index (χ1) is 12.5. The number of nitrogens with zero attached hydrogens (tertiary/aromatic N) is 4. The maximum Gasteiger partial charge on any atom is 0.573 e. The van der Waals surface area contributed by atoms with Crippen molar-refractivity contribution in [3.05, 3.63) is 53.7 Å². The Kier molecular flexibility index (Phi) is 3.11. The Balaban J connectivity index is 1.52. The molecular weight excluding hydrogens is 345 g/mol. The van der Waals surface area contributed by atoms with Crippen molar-refractivity contribution in [3.63, 3.8) is 0 Å². The van der Waals surface area contributed by atoms with Crippen LogP contribution in [-0.2, 0) is 5.41 Å². The predicted octanol–water partition coefficient (Wildman–Crippen LogP) is 3.98. The number of ether oxygens (including phenoxy) is 1. The van der Waals surface area contributed by atoms with Crippen LogP contribution in [0.2, 0.25) is 0 Å². The van der Waals surface area contributed by atoms with E-state index in [9.17, 15) is 13.2 Å². The summed E-state index contributed by atoms with van der Waals surface area (Å²) in [5.74, 6) is 1.06. The first-order valence-electron chi connectivity index (χ1n) is 8.53. The summed E-state index contributed by atoms with van der Waals surface area (Å²) >= 11 is 0. The lowest BCUT2D eigenvalue weighted by atomic mass is 9.95. The Labute approximate surface area is 146 Å². The second-order valence-corrected chi connectivity index (χ2v) is 6.96. The molecule has 5 nitrogen and oxygen atoms in total.